The van der Waals surface area contributed by atoms with Gasteiger partial charge in [-0.05, 0) is 25.7 Å². The lowest BCUT2D eigenvalue weighted by molar-refractivity contribution is -0.148. The summed E-state index contributed by atoms with van der Waals surface area (Å²) in [7, 11) is -3.04. The monoisotopic (exact) mass is 306 g/mol. The van der Waals surface area contributed by atoms with Gasteiger partial charge in [0.1, 0.15) is 15.4 Å². The lowest BCUT2D eigenvalue weighted by Gasteiger charge is -2.33. The Morgan fingerprint density at radius 3 is 2.55 bits per heavy atom. The lowest BCUT2D eigenvalue weighted by atomic mass is 9.93. The summed E-state index contributed by atoms with van der Waals surface area (Å²) in [5, 5.41) is 12.0. The van der Waals surface area contributed by atoms with E-state index in [0.717, 1.165) is 6.26 Å². The van der Waals surface area contributed by atoms with E-state index < -0.39 is 27.4 Å². The van der Waals surface area contributed by atoms with Crippen LogP contribution in [0, 0.1) is 0 Å². The first-order valence-electron chi connectivity index (χ1n) is 6.69. The molecule has 1 unspecified atom stereocenters. The Morgan fingerprint density at radius 1 is 1.40 bits per heavy atom. The summed E-state index contributed by atoms with van der Waals surface area (Å²) >= 11 is 0. The summed E-state index contributed by atoms with van der Waals surface area (Å²) < 4.78 is 21.9. The molecule has 116 valence electrons. The first kappa shape index (κ1) is 16.7. The third-order valence-corrected chi connectivity index (χ3v) is 4.72. The molecular formula is C12H22N2O5S. The summed E-state index contributed by atoms with van der Waals surface area (Å²) in [6.45, 7) is 2.39. The number of hydrogen-bond donors (Lipinski definition) is 2. The van der Waals surface area contributed by atoms with Gasteiger partial charge in [-0.3, -0.25) is 0 Å². The molecule has 1 rings (SSSR count). The van der Waals surface area contributed by atoms with E-state index in [1.807, 2.05) is 0 Å². The zero-order chi connectivity index (χ0) is 15.4. The molecule has 1 atom stereocenters. The third-order valence-electron chi connectivity index (χ3n) is 3.69. The van der Waals surface area contributed by atoms with Crippen LogP contribution in [0.1, 0.15) is 32.6 Å². The van der Waals surface area contributed by atoms with Gasteiger partial charge < -0.3 is 15.3 Å². The van der Waals surface area contributed by atoms with Crippen molar-refractivity contribution in [2.75, 3.05) is 25.1 Å². The number of rotatable bonds is 6. The van der Waals surface area contributed by atoms with E-state index in [2.05, 4.69) is 5.32 Å². The minimum atomic E-state index is -3.04. The first-order valence-corrected chi connectivity index (χ1v) is 8.75. The molecule has 2 amide bonds. The van der Waals surface area contributed by atoms with Crippen molar-refractivity contribution >= 4 is 21.8 Å². The van der Waals surface area contributed by atoms with Gasteiger partial charge in [-0.1, -0.05) is 6.92 Å². The van der Waals surface area contributed by atoms with Gasteiger partial charge >= 0.3 is 12.0 Å². The highest BCUT2D eigenvalue weighted by Crippen LogP contribution is 2.32. The maximum Gasteiger partial charge on any atom is 0.329 e. The largest absolute Gasteiger partial charge is 0.479 e. The normalized spacial score (nSPS) is 22.8. The number of carboxylic acids is 1. The highest BCUT2D eigenvalue weighted by Gasteiger charge is 2.48. The Morgan fingerprint density at radius 2 is 2.05 bits per heavy atom. The molecule has 0 bridgehead atoms. The van der Waals surface area contributed by atoms with Crippen LogP contribution in [0.5, 0.6) is 0 Å². The van der Waals surface area contributed by atoms with E-state index >= 15 is 0 Å². The number of nitrogens with zero attached hydrogens (tertiary/aromatic N) is 1. The second-order valence-electron chi connectivity index (χ2n) is 5.16. The lowest BCUT2D eigenvalue weighted by Crippen LogP contribution is -2.55. The van der Waals surface area contributed by atoms with Crippen molar-refractivity contribution < 1.29 is 23.1 Å². The van der Waals surface area contributed by atoms with Crippen molar-refractivity contribution in [1.29, 1.82) is 0 Å². The van der Waals surface area contributed by atoms with Crippen LogP contribution in [0.2, 0.25) is 0 Å². The Hall–Kier alpha value is -1.31. The van der Waals surface area contributed by atoms with Crippen LogP contribution in [-0.4, -0.2) is 61.1 Å². The van der Waals surface area contributed by atoms with E-state index in [9.17, 15) is 23.1 Å². The summed E-state index contributed by atoms with van der Waals surface area (Å²) in [6.07, 6.45) is 2.94. The van der Waals surface area contributed by atoms with Gasteiger partial charge in [0.15, 0.2) is 0 Å². The van der Waals surface area contributed by atoms with E-state index in [-0.39, 0.29) is 12.3 Å². The Labute approximate surface area is 119 Å². The van der Waals surface area contributed by atoms with Crippen molar-refractivity contribution in [1.82, 2.24) is 10.2 Å². The molecule has 0 aromatic rings. The highest BCUT2D eigenvalue weighted by molar-refractivity contribution is 7.90. The maximum atomic E-state index is 12.1. The second-order valence-corrected chi connectivity index (χ2v) is 7.42. The van der Waals surface area contributed by atoms with Crippen LogP contribution in [-0.2, 0) is 14.6 Å². The molecule has 8 heteroatoms. The highest BCUT2D eigenvalue weighted by atomic mass is 32.2. The fourth-order valence-corrected chi connectivity index (χ4v) is 3.21. The second kappa shape index (κ2) is 6.43. The summed E-state index contributed by atoms with van der Waals surface area (Å²) in [5.74, 6) is -0.978. The minimum absolute atomic E-state index is 0.00509. The van der Waals surface area contributed by atoms with Crippen LogP contribution >= 0.6 is 0 Å². The molecule has 0 aromatic heterocycles. The van der Waals surface area contributed by atoms with Gasteiger partial charge in [0, 0.05) is 19.3 Å². The third kappa shape index (κ3) is 3.84. The molecule has 1 aliphatic rings. The number of sulfone groups is 1. The van der Waals surface area contributed by atoms with Gasteiger partial charge in [-0.2, -0.15) is 0 Å². The standard InChI is InChI=1S/C12H22N2O5S/c1-3-12(10(15)16)6-4-8-14(12)11(17)13-7-5-9-20(2,18)19/h3-9H2,1-2H3,(H,13,17)(H,15,16). The van der Waals surface area contributed by atoms with Gasteiger partial charge in [-0.25, -0.2) is 18.0 Å². The number of carbonyl (C=O) groups is 2. The molecule has 20 heavy (non-hydrogen) atoms. The number of urea groups is 1. The van der Waals surface area contributed by atoms with E-state index in [1.54, 1.807) is 6.92 Å². The number of likely N-dealkylation sites (tertiary alicyclic amines) is 1. The number of carbonyl (C=O) groups excluding carboxylic acids is 1. The van der Waals surface area contributed by atoms with Gasteiger partial charge in [0.05, 0.1) is 5.75 Å². The first-order chi connectivity index (χ1) is 9.23. The molecule has 0 aromatic carbocycles. The fraction of sp³-hybridized carbons (Fsp3) is 0.833. The predicted octanol–water partition coefficient (Wildman–Crippen LogP) is 0.460. The topological polar surface area (TPSA) is 104 Å². The Bertz CT molecular complexity index is 476. The number of aliphatic carboxylic acids is 1. The number of carboxylic acid groups (broad SMARTS) is 1. The zero-order valence-corrected chi connectivity index (χ0v) is 12.7. The van der Waals surface area contributed by atoms with E-state index in [0.29, 0.717) is 32.2 Å². The van der Waals surface area contributed by atoms with E-state index in [1.165, 1.54) is 4.90 Å². The van der Waals surface area contributed by atoms with Gasteiger partial charge in [0.2, 0.25) is 0 Å². The van der Waals surface area contributed by atoms with Gasteiger partial charge in [-0.15, -0.1) is 0 Å². The quantitative estimate of drug-likeness (QED) is 0.694. The molecule has 1 saturated heterocycles. The summed E-state index contributed by atoms with van der Waals surface area (Å²) in [6, 6.07) is -0.430. The van der Waals surface area contributed by atoms with Crippen LogP contribution in [0.3, 0.4) is 0 Å². The maximum absolute atomic E-state index is 12.1. The van der Waals surface area contributed by atoms with Crippen molar-refractivity contribution in [3.63, 3.8) is 0 Å². The molecule has 1 heterocycles. The molecule has 1 aliphatic heterocycles. The number of nitrogens with one attached hydrogen (secondary N) is 1. The van der Waals surface area contributed by atoms with Crippen molar-refractivity contribution in [3.8, 4) is 0 Å². The number of amides is 2. The summed E-state index contributed by atoms with van der Waals surface area (Å²) in [4.78, 5) is 24.8. The van der Waals surface area contributed by atoms with Gasteiger partial charge in [0.25, 0.3) is 0 Å². The average Bonchev–Trinajstić information content (AvgIpc) is 2.78. The Balaban J connectivity index is 2.56. The van der Waals surface area contributed by atoms with Crippen molar-refractivity contribution in [2.24, 2.45) is 0 Å². The molecule has 0 aliphatic carbocycles. The van der Waals surface area contributed by atoms with Crippen molar-refractivity contribution in [3.05, 3.63) is 0 Å². The van der Waals surface area contributed by atoms with Crippen LogP contribution in [0.15, 0.2) is 0 Å². The van der Waals surface area contributed by atoms with Crippen LogP contribution < -0.4 is 5.32 Å². The molecule has 0 saturated carbocycles. The number of hydrogen-bond acceptors (Lipinski definition) is 4. The molecule has 1 fully saturated rings. The Kier molecular flexibility index (Phi) is 5.38. The minimum Gasteiger partial charge on any atom is -0.479 e. The van der Waals surface area contributed by atoms with Crippen molar-refractivity contribution in [2.45, 2.75) is 38.1 Å². The van der Waals surface area contributed by atoms with E-state index in [4.69, 9.17) is 0 Å². The summed E-state index contributed by atoms with van der Waals surface area (Å²) in [5.41, 5.74) is -1.12. The molecule has 7 nitrogen and oxygen atoms in total. The molecule has 0 radical (unpaired) electrons. The molecule has 0 spiro atoms. The fourth-order valence-electron chi connectivity index (χ4n) is 2.54. The smallest absolute Gasteiger partial charge is 0.329 e. The SMILES string of the molecule is CCC1(C(=O)O)CCCN1C(=O)NCCCS(C)(=O)=O. The van der Waals surface area contributed by atoms with Crippen LogP contribution in [0.25, 0.3) is 0 Å². The van der Waals surface area contributed by atoms with Crippen LogP contribution in [0.4, 0.5) is 4.79 Å². The zero-order valence-electron chi connectivity index (χ0n) is 11.9. The molecular weight excluding hydrogens is 284 g/mol. The predicted molar refractivity (Wildman–Crippen MR) is 74.3 cm³/mol. The average molecular weight is 306 g/mol. The molecule has 2 N–H and O–H groups in total.